The maximum atomic E-state index is 12.8. The molecule has 0 bridgehead atoms. The minimum Gasteiger partial charge on any atom is -0.427 e. The molecule has 0 saturated carbocycles. The fraction of sp³-hybridized carbons (Fsp3) is 0.200. The second-order valence-electron chi connectivity index (χ2n) is 3.57. The topological polar surface area (TPSA) is 82.4 Å². The van der Waals surface area contributed by atoms with Crippen molar-refractivity contribution in [2.45, 2.75) is 10.2 Å². The lowest BCUT2D eigenvalue weighted by atomic mass is 10.2. The first-order valence-corrected chi connectivity index (χ1v) is 7.84. The summed E-state index contributed by atoms with van der Waals surface area (Å²) in [6.07, 6.45) is 1.39. The van der Waals surface area contributed by atoms with Crippen molar-refractivity contribution in [3.63, 3.8) is 0 Å². The maximum absolute atomic E-state index is 12.8. The standard InChI is InChI=1S/C10H9F3NO4S2/c1-2-8-3-5-9(6-4-8)19(15,16)14-20(17,18)10(12,13)7-11/h2-6H,1,7H2/q-1. The van der Waals surface area contributed by atoms with E-state index < -0.39 is 36.9 Å². The van der Waals surface area contributed by atoms with Gasteiger partial charge in [-0.05, 0) is 17.7 Å². The number of sulfonamides is 2. The largest absolute Gasteiger partial charge is 0.427 e. The summed E-state index contributed by atoms with van der Waals surface area (Å²) in [4.78, 5) is -0.610. The molecular weight excluding hydrogens is 319 g/mol. The van der Waals surface area contributed by atoms with Gasteiger partial charge in [0.1, 0.15) is 10.0 Å². The van der Waals surface area contributed by atoms with Crippen LogP contribution in [0.15, 0.2) is 35.7 Å². The molecule has 0 aromatic heterocycles. The van der Waals surface area contributed by atoms with Crippen LogP contribution in [0.4, 0.5) is 13.2 Å². The predicted molar refractivity (Wildman–Crippen MR) is 66.9 cm³/mol. The molecule has 0 atom stereocenters. The SMILES string of the molecule is C=Cc1ccc(S(=O)(=O)[N-]S(=O)(=O)C(F)(F)CF)cc1. The normalized spacial score (nSPS) is 13.2. The molecule has 0 heterocycles. The van der Waals surface area contributed by atoms with Gasteiger partial charge in [0, 0.05) is 4.90 Å². The minimum atomic E-state index is -5.82. The van der Waals surface area contributed by atoms with Crippen molar-refractivity contribution in [2.75, 3.05) is 6.67 Å². The van der Waals surface area contributed by atoms with E-state index in [0.29, 0.717) is 5.56 Å². The summed E-state index contributed by atoms with van der Waals surface area (Å²) in [7, 11) is -10.7. The third kappa shape index (κ3) is 3.38. The van der Waals surface area contributed by atoms with Crippen LogP contribution in [-0.4, -0.2) is 28.8 Å². The summed E-state index contributed by atoms with van der Waals surface area (Å²) in [5, 5.41) is -4.89. The first-order valence-electron chi connectivity index (χ1n) is 4.96. The first-order chi connectivity index (χ1) is 9.05. The van der Waals surface area contributed by atoms with E-state index in [2.05, 4.69) is 10.7 Å². The molecule has 20 heavy (non-hydrogen) atoms. The fourth-order valence-electron chi connectivity index (χ4n) is 1.07. The molecule has 0 amide bonds. The highest BCUT2D eigenvalue weighted by molar-refractivity contribution is 8.12. The molecule has 112 valence electrons. The zero-order chi connectivity index (χ0) is 15.6. The van der Waals surface area contributed by atoms with Crippen LogP contribution in [-0.2, 0) is 20.0 Å². The molecule has 0 aliphatic carbocycles. The highest BCUT2D eigenvalue weighted by Gasteiger charge is 2.40. The van der Waals surface area contributed by atoms with Gasteiger partial charge in [-0.25, -0.2) is 21.2 Å². The Morgan fingerprint density at radius 2 is 1.65 bits per heavy atom. The molecule has 1 aromatic rings. The van der Waals surface area contributed by atoms with Crippen LogP contribution < -0.4 is 0 Å². The Labute approximate surface area is 114 Å². The van der Waals surface area contributed by atoms with Crippen molar-refractivity contribution in [1.82, 2.24) is 0 Å². The molecule has 0 fully saturated rings. The molecule has 1 aromatic carbocycles. The van der Waals surface area contributed by atoms with Crippen LogP contribution in [0.5, 0.6) is 0 Å². The predicted octanol–water partition coefficient (Wildman–Crippen LogP) is 2.28. The van der Waals surface area contributed by atoms with Gasteiger partial charge in [0.15, 0.2) is 16.7 Å². The third-order valence-corrected chi connectivity index (χ3v) is 5.44. The molecular formula is C10H9F3NO4S2-. The van der Waals surface area contributed by atoms with E-state index in [0.717, 1.165) is 12.1 Å². The lowest BCUT2D eigenvalue weighted by Gasteiger charge is -2.25. The Morgan fingerprint density at radius 3 is 2.05 bits per heavy atom. The number of hydrogen-bond acceptors (Lipinski definition) is 4. The summed E-state index contributed by atoms with van der Waals surface area (Å²) in [6.45, 7) is 0.850. The van der Waals surface area contributed by atoms with Crippen LogP contribution >= 0.6 is 0 Å². The average Bonchev–Trinajstić information content (AvgIpc) is 2.37. The van der Waals surface area contributed by atoms with E-state index in [1.54, 1.807) is 0 Å². The van der Waals surface area contributed by atoms with Gasteiger partial charge in [0.2, 0.25) is 0 Å². The highest BCUT2D eigenvalue weighted by atomic mass is 32.3. The van der Waals surface area contributed by atoms with Crippen molar-refractivity contribution in [3.05, 3.63) is 40.5 Å². The smallest absolute Gasteiger partial charge is 0.357 e. The molecule has 0 N–H and O–H groups in total. The summed E-state index contributed by atoms with van der Waals surface area (Å²) in [6, 6.07) is 4.49. The van der Waals surface area contributed by atoms with Crippen LogP contribution in [0.1, 0.15) is 5.56 Å². The highest BCUT2D eigenvalue weighted by Crippen LogP contribution is 2.31. The molecule has 0 spiro atoms. The van der Waals surface area contributed by atoms with Gasteiger partial charge < -0.3 is 4.13 Å². The van der Waals surface area contributed by atoms with Crippen LogP contribution in [0.2, 0.25) is 0 Å². The number of rotatable bonds is 6. The quantitative estimate of drug-likeness (QED) is 0.802. The van der Waals surface area contributed by atoms with Gasteiger partial charge in [-0.1, -0.05) is 24.8 Å². The maximum Gasteiger partial charge on any atom is 0.357 e. The summed E-state index contributed by atoms with van der Waals surface area (Å²) < 4.78 is 84.9. The van der Waals surface area contributed by atoms with Gasteiger partial charge in [-0.3, -0.25) is 0 Å². The van der Waals surface area contributed by atoms with E-state index in [1.165, 1.54) is 18.2 Å². The lowest BCUT2D eigenvalue weighted by molar-refractivity contribution is 0.0633. The van der Waals surface area contributed by atoms with Crippen LogP contribution in [0.3, 0.4) is 0 Å². The van der Waals surface area contributed by atoms with Crippen molar-refractivity contribution in [1.29, 1.82) is 0 Å². The molecule has 0 radical (unpaired) electrons. The Kier molecular flexibility index (Phi) is 4.62. The first kappa shape index (κ1) is 16.7. The summed E-state index contributed by atoms with van der Waals surface area (Å²) >= 11 is 0. The van der Waals surface area contributed by atoms with Gasteiger partial charge in [0.05, 0.1) is 0 Å². The van der Waals surface area contributed by atoms with Crippen LogP contribution in [0, 0.1) is 0 Å². The van der Waals surface area contributed by atoms with Gasteiger partial charge in [-0.2, -0.15) is 8.78 Å². The number of benzene rings is 1. The van der Waals surface area contributed by atoms with Crippen molar-refractivity contribution in [2.24, 2.45) is 0 Å². The zero-order valence-corrected chi connectivity index (χ0v) is 11.5. The molecule has 0 aliphatic rings. The molecule has 5 nitrogen and oxygen atoms in total. The Hall–Kier alpha value is -1.39. The van der Waals surface area contributed by atoms with Gasteiger partial charge in [0.25, 0.3) is 0 Å². The van der Waals surface area contributed by atoms with E-state index in [-0.39, 0.29) is 0 Å². The Bertz CT molecular complexity index is 697. The van der Waals surface area contributed by atoms with Gasteiger partial charge >= 0.3 is 5.25 Å². The second kappa shape index (κ2) is 5.54. The number of hydrogen-bond donors (Lipinski definition) is 0. The van der Waals surface area contributed by atoms with E-state index >= 15 is 0 Å². The van der Waals surface area contributed by atoms with E-state index in [4.69, 9.17) is 0 Å². The molecule has 0 saturated heterocycles. The number of alkyl halides is 3. The van der Waals surface area contributed by atoms with Crippen molar-refractivity contribution >= 4 is 26.1 Å². The summed E-state index contributed by atoms with van der Waals surface area (Å²) in [5.74, 6) is 0. The van der Waals surface area contributed by atoms with Crippen LogP contribution in [0.25, 0.3) is 10.2 Å². The molecule has 0 aliphatic heterocycles. The zero-order valence-electron chi connectivity index (χ0n) is 9.83. The summed E-state index contributed by atoms with van der Waals surface area (Å²) in [5.41, 5.74) is 0.529. The Balaban J connectivity index is 3.15. The molecule has 1 rings (SSSR count). The Morgan fingerprint density at radius 1 is 1.15 bits per heavy atom. The monoisotopic (exact) mass is 328 g/mol. The third-order valence-electron chi connectivity index (χ3n) is 2.14. The lowest BCUT2D eigenvalue weighted by Crippen LogP contribution is -2.31. The van der Waals surface area contributed by atoms with Crippen molar-refractivity contribution in [3.8, 4) is 0 Å². The fourth-order valence-corrected chi connectivity index (χ4v) is 3.50. The average molecular weight is 328 g/mol. The number of nitrogens with zero attached hydrogens (tertiary/aromatic N) is 1. The number of halogens is 3. The molecule has 10 heteroatoms. The minimum absolute atomic E-state index is 0.529. The molecule has 0 unspecified atom stereocenters. The van der Waals surface area contributed by atoms with Gasteiger partial charge in [-0.15, -0.1) is 0 Å². The second-order valence-corrected chi connectivity index (χ2v) is 7.13. The van der Waals surface area contributed by atoms with Crippen molar-refractivity contribution < 1.29 is 30.0 Å². The van der Waals surface area contributed by atoms with E-state index in [9.17, 15) is 30.0 Å². The van der Waals surface area contributed by atoms with E-state index in [1.807, 2.05) is 0 Å².